The molecule has 3 heterocycles. The van der Waals surface area contributed by atoms with Gasteiger partial charge in [0.15, 0.2) is 5.65 Å². The van der Waals surface area contributed by atoms with Crippen molar-refractivity contribution in [1.29, 1.82) is 0 Å². The maximum atomic E-state index is 5.73. The summed E-state index contributed by atoms with van der Waals surface area (Å²) in [6.45, 7) is 2.72. The van der Waals surface area contributed by atoms with Crippen molar-refractivity contribution in [3.8, 4) is 0 Å². The predicted octanol–water partition coefficient (Wildman–Crippen LogP) is 1.83. The summed E-state index contributed by atoms with van der Waals surface area (Å²) in [5.41, 5.74) is 1.71. The van der Waals surface area contributed by atoms with Crippen LogP contribution in [0.25, 0.3) is 11.2 Å². The Kier molecular flexibility index (Phi) is 2.32. The molecule has 3 rings (SSSR count). The highest BCUT2D eigenvalue weighted by Gasteiger charge is 2.18. The molecule has 0 aromatic carbocycles. The van der Waals surface area contributed by atoms with Crippen molar-refractivity contribution in [2.24, 2.45) is 0 Å². The topological polar surface area (TPSA) is 52.8 Å². The van der Waals surface area contributed by atoms with E-state index in [1.807, 2.05) is 11.5 Å². The van der Waals surface area contributed by atoms with Crippen molar-refractivity contribution < 1.29 is 4.74 Å². The minimum absolute atomic E-state index is 0.0908. The maximum Gasteiger partial charge on any atom is 0.165 e. The van der Waals surface area contributed by atoms with Gasteiger partial charge in [0.25, 0.3) is 0 Å². The van der Waals surface area contributed by atoms with Gasteiger partial charge in [0, 0.05) is 6.61 Å². The van der Waals surface area contributed by atoms with Crippen LogP contribution in [-0.4, -0.2) is 26.1 Å². The molecule has 0 radical (unpaired) electrons. The molecule has 1 unspecified atom stereocenters. The van der Waals surface area contributed by atoms with Gasteiger partial charge in [0.05, 0.1) is 12.5 Å². The Balaban J connectivity index is 2.05. The van der Waals surface area contributed by atoms with Gasteiger partial charge >= 0.3 is 0 Å². The standard InChI is InChI=1S/C11H14N4O/c1-8-12-6-9-11(14-8)15(7-13-9)10-4-2-3-5-16-10/h6-7,10H,2-5H2,1H3. The van der Waals surface area contributed by atoms with Gasteiger partial charge in [0.1, 0.15) is 17.6 Å². The zero-order chi connectivity index (χ0) is 11.0. The van der Waals surface area contributed by atoms with Crippen LogP contribution in [-0.2, 0) is 4.74 Å². The van der Waals surface area contributed by atoms with Crippen molar-refractivity contribution in [2.45, 2.75) is 32.4 Å². The lowest BCUT2D eigenvalue weighted by Crippen LogP contribution is -2.17. The molecule has 0 aliphatic carbocycles. The first-order chi connectivity index (χ1) is 7.84. The van der Waals surface area contributed by atoms with E-state index in [4.69, 9.17) is 4.74 Å². The molecule has 0 amide bonds. The molecule has 16 heavy (non-hydrogen) atoms. The number of hydrogen-bond donors (Lipinski definition) is 0. The molecule has 2 aromatic rings. The molecule has 0 N–H and O–H groups in total. The number of hydrogen-bond acceptors (Lipinski definition) is 4. The maximum absolute atomic E-state index is 5.73. The third-order valence-electron chi connectivity index (χ3n) is 2.90. The van der Waals surface area contributed by atoms with Crippen LogP contribution in [0, 0.1) is 6.92 Å². The lowest BCUT2D eigenvalue weighted by molar-refractivity contribution is -0.0298. The van der Waals surface area contributed by atoms with E-state index in [1.54, 1.807) is 12.5 Å². The van der Waals surface area contributed by atoms with Gasteiger partial charge in [-0.1, -0.05) is 0 Å². The first-order valence-corrected chi connectivity index (χ1v) is 5.62. The third-order valence-corrected chi connectivity index (χ3v) is 2.90. The summed E-state index contributed by atoms with van der Waals surface area (Å²) in [5.74, 6) is 0.769. The SMILES string of the molecule is Cc1ncc2ncn(C3CCCCO3)c2n1. The molecule has 0 bridgehead atoms. The number of imidazole rings is 1. The minimum atomic E-state index is 0.0908. The summed E-state index contributed by atoms with van der Waals surface area (Å²) in [4.78, 5) is 12.9. The molecule has 5 nitrogen and oxygen atoms in total. The fraction of sp³-hybridized carbons (Fsp3) is 0.545. The van der Waals surface area contributed by atoms with Gasteiger partial charge in [-0.15, -0.1) is 0 Å². The predicted molar refractivity (Wildman–Crippen MR) is 58.9 cm³/mol. The number of fused-ring (bicyclic) bond motifs is 1. The lowest BCUT2D eigenvalue weighted by Gasteiger charge is -2.23. The summed E-state index contributed by atoms with van der Waals surface area (Å²) in [7, 11) is 0. The monoisotopic (exact) mass is 218 g/mol. The van der Waals surface area contributed by atoms with Gasteiger partial charge in [-0.3, -0.25) is 4.57 Å². The van der Waals surface area contributed by atoms with E-state index < -0.39 is 0 Å². The van der Waals surface area contributed by atoms with Gasteiger partial charge in [-0.05, 0) is 26.2 Å². The number of ether oxygens (including phenoxy) is 1. The number of aromatic nitrogens is 4. The van der Waals surface area contributed by atoms with Gasteiger partial charge in [-0.2, -0.15) is 0 Å². The van der Waals surface area contributed by atoms with Crippen molar-refractivity contribution in [3.63, 3.8) is 0 Å². The second kappa shape index (κ2) is 3.83. The Bertz CT molecular complexity index is 502. The van der Waals surface area contributed by atoms with Crippen LogP contribution in [0.2, 0.25) is 0 Å². The molecule has 0 spiro atoms. The normalized spacial score (nSPS) is 21.4. The van der Waals surface area contributed by atoms with Crippen molar-refractivity contribution >= 4 is 11.2 Å². The third kappa shape index (κ3) is 1.57. The molecule has 1 atom stereocenters. The smallest absolute Gasteiger partial charge is 0.165 e. The Hall–Kier alpha value is -1.49. The zero-order valence-electron chi connectivity index (χ0n) is 9.26. The fourth-order valence-electron chi connectivity index (χ4n) is 2.07. The minimum Gasteiger partial charge on any atom is -0.358 e. The van der Waals surface area contributed by atoms with Crippen molar-refractivity contribution in [3.05, 3.63) is 18.3 Å². The highest BCUT2D eigenvalue weighted by atomic mass is 16.5. The van der Waals surface area contributed by atoms with Crippen LogP contribution >= 0.6 is 0 Å². The first-order valence-electron chi connectivity index (χ1n) is 5.62. The first kappa shape index (κ1) is 9.72. The van der Waals surface area contributed by atoms with Crippen molar-refractivity contribution in [1.82, 2.24) is 19.5 Å². The molecule has 1 fully saturated rings. The Morgan fingerprint density at radius 1 is 1.38 bits per heavy atom. The van der Waals surface area contributed by atoms with E-state index >= 15 is 0 Å². The molecule has 1 saturated heterocycles. The second-order valence-corrected chi connectivity index (χ2v) is 4.10. The summed E-state index contributed by atoms with van der Waals surface area (Å²) in [5, 5.41) is 0. The van der Waals surface area contributed by atoms with Crippen LogP contribution < -0.4 is 0 Å². The Morgan fingerprint density at radius 3 is 3.12 bits per heavy atom. The summed E-state index contributed by atoms with van der Waals surface area (Å²) in [6, 6.07) is 0. The molecular weight excluding hydrogens is 204 g/mol. The molecule has 1 aliphatic rings. The molecule has 5 heteroatoms. The van der Waals surface area contributed by atoms with E-state index in [1.165, 1.54) is 6.42 Å². The fourth-order valence-corrected chi connectivity index (χ4v) is 2.07. The molecular formula is C11H14N4O. The van der Waals surface area contributed by atoms with E-state index in [2.05, 4.69) is 15.0 Å². The summed E-state index contributed by atoms with van der Waals surface area (Å²) < 4.78 is 7.75. The van der Waals surface area contributed by atoms with E-state index in [0.29, 0.717) is 0 Å². The van der Waals surface area contributed by atoms with E-state index in [0.717, 1.165) is 36.4 Å². The van der Waals surface area contributed by atoms with Crippen LogP contribution in [0.5, 0.6) is 0 Å². The molecule has 2 aromatic heterocycles. The highest BCUT2D eigenvalue weighted by molar-refractivity contribution is 5.69. The average molecular weight is 218 g/mol. The average Bonchev–Trinajstić information content (AvgIpc) is 2.73. The number of nitrogens with zero attached hydrogens (tertiary/aromatic N) is 4. The van der Waals surface area contributed by atoms with Crippen LogP contribution in [0.1, 0.15) is 31.3 Å². The van der Waals surface area contributed by atoms with Gasteiger partial charge < -0.3 is 4.74 Å². The summed E-state index contributed by atoms with van der Waals surface area (Å²) >= 11 is 0. The Morgan fingerprint density at radius 2 is 2.31 bits per heavy atom. The quantitative estimate of drug-likeness (QED) is 0.732. The van der Waals surface area contributed by atoms with Crippen LogP contribution in [0.3, 0.4) is 0 Å². The molecule has 1 aliphatic heterocycles. The second-order valence-electron chi connectivity index (χ2n) is 4.10. The molecule has 84 valence electrons. The van der Waals surface area contributed by atoms with Gasteiger partial charge in [-0.25, -0.2) is 15.0 Å². The van der Waals surface area contributed by atoms with Gasteiger partial charge in [0.2, 0.25) is 0 Å². The Labute approximate surface area is 93.5 Å². The highest BCUT2D eigenvalue weighted by Crippen LogP contribution is 2.25. The number of rotatable bonds is 1. The van der Waals surface area contributed by atoms with Crippen molar-refractivity contribution in [2.75, 3.05) is 6.61 Å². The lowest BCUT2D eigenvalue weighted by atomic mass is 10.2. The largest absolute Gasteiger partial charge is 0.358 e. The van der Waals surface area contributed by atoms with Crippen LogP contribution in [0.4, 0.5) is 0 Å². The van der Waals surface area contributed by atoms with Crippen LogP contribution in [0.15, 0.2) is 12.5 Å². The number of aryl methyl sites for hydroxylation is 1. The zero-order valence-corrected chi connectivity index (χ0v) is 9.26. The summed E-state index contributed by atoms with van der Waals surface area (Å²) in [6.07, 6.45) is 7.04. The van der Waals surface area contributed by atoms with E-state index in [-0.39, 0.29) is 6.23 Å². The molecule has 0 saturated carbocycles. The van der Waals surface area contributed by atoms with E-state index in [9.17, 15) is 0 Å².